The number of aryl methyl sites for hydroxylation is 1. The fourth-order valence-corrected chi connectivity index (χ4v) is 1.56. The maximum atomic E-state index is 5.61. The third-order valence-corrected chi connectivity index (χ3v) is 2.45. The van der Waals surface area contributed by atoms with Gasteiger partial charge in [0.25, 0.3) is 0 Å². The van der Waals surface area contributed by atoms with Gasteiger partial charge in [-0.15, -0.1) is 0 Å². The summed E-state index contributed by atoms with van der Waals surface area (Å²) < 4.78 is 10.7. The molecule has 0 bridgehead atoms. The van der Waals surface area contributed by atoms with Gasteiger partial charge in [-0.1, -0.05) is 6.07 Å². The van der Waals surface area contributed by atoms with Crippen molar-refractivity contribution >= 4 is 0 Å². The fourth-order valence-electron chi connectivity index (χ4n) is 1.56. The molecule has 0 spiro atoms. The summed E-state index contributed by atoms with van der Waals surface area (Å²) >= 11 is 0. The molecule has 0 saturated heterocycles. The summed E-state index contributed by atoms with van der Waals surface area (Å²) in [6.45, 7) is 4.89. The van der Waals surface area contributed by atoms with E-state index in [1.807, 2.05) is 6.92 Å². The van der Waals surface area contributed by atoms with Crippen LogP contribution in [0.15, 0.2) is 6.07 Å². The first kappa shape index (κ1) is 8.38. The second kappa shape index (κ2) is 2.92. The standard InChI is InChI=1S/C10H13NO2/c1-6-3-8(4-11)10-9(7(6)2)12-5-13-10/h3H,4-5,11H2,1-2H3. The lowest BCUT2D eigenvalue weighted by Gasteiger charge is -2.08. The van der Waals surface area contributed by atoms with Gasteiger partial charge in [-0.2, -0.15) is 0 Å². The zero-order chi connectivity index (χ0) is 9.42. The third-order valence-electron chi connectivity index (χ3n) is 2.45. The summed E-state index contributed by atoms with van der Waals surface area (Å²) in [6.07, 6.45) is 0. The Bertz CT molecular complexity index is 347. The Labute approximate surface area is 77.5 Å². The highest BCUT2D eigenvalue weighted by Crippen LogP contribution is 2.39. The van der Waals surface area contributed by atoms with Gasteiger partial charge >= 0.3 is 0 Å². The van der Waals surface area contributed by atoms with Gasteiger partial charge in [0.05, 0.1) is 0 Å². The van der Waals surface area contributed by atoms with Gasteiger partial charge in [-0.05, 0) is 25.0 Å². The Morgan fingerprint density at radius 3 is 2.69 bits per heavy atom. The van der Waals surface area contributed by atoms with Gasteiger partial charge in [0, 0.05) is 12.1 Å². The molecule has 0 aliphatic carbocycles. The van der Waals surface area contributed by atoms with Crippen LogP contribution >= 0.6 is 0 Å². The van der Waals surface area contributed by atoms with Crippen molar-refractivity contribution < 1.29 is 9.47 Å². The van der Waals surface area contributed by atoms with Crippen molar-refractivity contribution in [3.8, 4) is 11.5 Å². The maximum Gasteiger partial charge on any atom is 0.231 e. The molecular weight excluding hydrogens is 166 g/mol. The predicted molar refractivity (Wildman–Crippen MR) is 49.9 cm³/mol. The minimum absolute atomic E-state index is 0.312. The average molecular weight is 179 g/mol. The molecule has 2 N–H and O–H groups in total. The smallest absolute Gasteiger partial charge is 0.231 e. The molecule has 13 heavy (non-hydrogen) atoms. The molecule has 0 aromatic heterocycles. The van der Waals surface area contributed by atoms with Crippen LogP contribution in [0.3, 0.4) is 0 Å². The first-order chi connectivity index (χ1) is 6.24. The minimum Gasteiger partial charge on any atom is -0.453 e. The average Bonchev–Trinajstić information content (AvgIpc) is 2.60. The summed E-state index contributed by atoms with van der Waals surface area (Å²) in [5.74, 6) is 1.69. The first-order valence-corrected chi connectivity index (χ1v) is 4.32. The van der Waals surface area contributed by atoms with Gasteiger partial charge in [-0.3, -0.25) is 0 Å². The second-order valence-corrected chi connectivity index (χ2v) is 3.25. The van der Waals surface area contributed by atoms with Crippen molar-refractivity contribution in [2.45, 2.75) is 20.4 Å². The highest BCUT2D eigenvalue weighted by Gasteiger charge is 2.20. The van der Waals surface area contributed by atoms with Crippen LogP contribution in [0, 0.1) is 13.8 Å². The molecule has 1 aliphatic heterocycles. The molecule has 1 aliphatic rings. The van der Waals surface area contributed by atoms with Crippen LogP contribution < -0.4 is 15.2 Å². The molecule has 1 aromatic carbocycles. The lowest BCUT2D eigenvalue weighted by Crippen LogP contribution is -2.00. The molecule has 0 saturated carbocycles. The van der Waals surface area contributed by atoms with Crippen LogP contribution in [0.2, 0.25) is 0 Å². The second-order valence-electron chi connectivity index (χ2n) is 3.25. The highest BCUT2D eigenvalue weighted by molar-refractivity contribution is 5.55. The van der Waals surface area contributed by atoms with E-state index in [4.69, 9.17) is 15.2 Å². The van der Waals surface area contributed by atoms with E-state index in [1.54, 1.807) is 0 Å². The number of fused-ring (bicyclic) bond motifs is 1. The molecule has 3 nitrogen and oxygen atoms in total. The minimum atomic E-state index is 0.312. The number of ether oxygens (including phenoxy) is 2. The molecular formula is C10H13NO2. The predicted octanol–water partition coefficient (Wildman–Crippen LogP) is 1.49. The normalized spacial score (nSPS) is 13.5. The van der Waals surface area contributed by atoms with E-state index < -0.39 is 0 Å². The topological polar surface area (TPSA) is 44.5 Å². The van der Waals surface area contributed by atoms with Gasteiger partial charge in [-0.25, -0.2) is 0 Å². The van der Waals surface area contributed by atoms with E-state index in [-0.39, 0.29) is 0 Å². The molecule has 1 heterocycles. The van der Waals surface area contributed by atoms with E-state index in [1.165, 1.54) is 5.56 Å². The van der Waals surface area contributed by atoms with Crippen LogP contribution in [-0.2, 0) is 6.54 Å². The summed E-state index contributed by atoms with van der Waals surface area (Å²) in [7, 11) is 0. The van der Waals surface area contributed by atoms with Crippen molar-refractivity contribution in [2.75, 3.05) is 6.79 Å². The monoisotopic (exact) mass is 179 g/mol. The lowest BCUT2D eigenvalue weighted by molar-refractivity contribution is 0.173. The summed E-state index contributed by atoms with van der Waals surface area (Å²) in [5, 5.41) is 0. The van der Waals surface area contributed by atoms with Crippen LogP contribution in [0.4, 0.5) is 0 Å². The van der Waals surface area contributed by atoms with E-state index in [0.29, 0.717) is 13.3 Å². The Morgan fingerprint density at radius 2 is 2.00 bits per heavy atom. The van der Waals surface area contributed by atoms with Crippen molar-refractivity contribution in [2.24, 2.45) is 5.73 Å². The third kappa shape index (κ3) is 1.16. The summed E-state index contributed by atoms with van der Waals surface area (Å²) in [5.41, 5.74) is 8.97. The van der Waals surface area contributed by atoms with Gasteiger partial charge in [0.1, 0.15) is 0 Å². The number of rotatable bonds is 1. The van der Waals surface area contributed by atoms with E-state index >= 15 is 0 Å². The van der Waals surface area contributed by atoms with Crippen LogP contribution in [0.5, 0.6) is 11.5 Å². The number of hydrogen-bond acceptors (Lipinski definition) is 3. The molecule has 70 valence electrons. The van der Waals surface area contributed by atoms with E-state index in [2.05, 4.69) is 13.0 Å². The Kier molecular flexibility index (Phi) is 1.88. The molecule has 0 amide bonds. The highest BCUT2D eigenvalue weighted by atomic mass is 16.7. The Balaban J connectivity index is 2.64. The van der Waals surface area contributed by atoms with Crippen molar-refractivity contribution in [3.05, 3.63) is 22.8 Å². The van der Waals surface area contributed by atoms with Crippen LogP contribution in [0.1, 0.15) is 16.7 Å². The van der Waals surface area contributed by atoms with Gasteiger partial charge in [0.2, 0.25) is 6.79 Å². The molecule has 0 radical (unpaired) electrons. The number of benzene rings is 1. The largest absolute Gasteiger partial charge is 0.453 e. The fraction of sp³-hybridized carbons (Fsp3) is 0.400. The van der Waals surface area contributed by atoms with Gasteiger partial charge < -0.3 is 15.2 Å². The summed E-state index contributed by atoms with van der Waals surface area (Å²) in [4.78, 5) is 0. The zero-order valence-corrected chi connectivity index (χ0v) is 7.89. The van der Waals surface area contributed by atoms with E-state index in [9.17, 15) is 0 Å². The van der Waals surface area contributed by atoms with Crippen molar-refractivity contribution in [1.82, 2.24) is 0 Å². The lowest BCUT2D eigenvalue weighted by atomic mass is 10.0. The first-order valence-electron chi connectivity index (χ1n) is 4.32. The maximum absolute atomic E-state index is 5.61. The van der Waals surface area contributed by atoms with Crippen LogP contribution in [-0.4, -0.2) is 6.79 Å². The SMILES string of the molecule is Cc1cc(CN)c2c(c1C)OCO2. The van der Waals surface area contributed by atoms with E-state index in [0.717, 1.165) is 22.6 Å². The molecule has 1 aromatic rings. The Morgan fingerprint density at radius 1 is 1.31 bits per heavy atom. The quantitative estimate of drug-likeness (QED) is 0.710. The summed E-state index contributed by atoms with van der Waals surface area (Å²) in [6, 6.07) is 2.06. The number of hydrogen-bond donors (Lipinski definition) is 1. The van der Waals surface area contributed by atoms with Crippen molar-refractivity contribution in [3.63, 3.8) is 0 Å². The molecule has 0 fully saturated rings. The van der Waals surface area contributed by atoms with Crippen molar-refractivity contribution in [1.29, 1.82) is 0 Å². The molecule has 3 heteroatoms. The molecule has 2 rings (SSSR count). The van der Waals surface area contributed by atoms with Crippen LogP contribution in [0.25, 0.3) is 0 Å². The number of nitrogens with two attached hydrogens (primary N) is 1. The zero-order valence-electron chi connectivity index (χ0n) is 7.89. The van der Waals surface area contributed by atoms with Gasteiger partial charge in [0.15, 0.2) is 11.5 Å². The molecule has 0 atom stereocenters. The Hall–Kier alpha value is -1.22. The molecule has 0 unspecified atom stereocenters.